The van der Waals surface area contributed by atoms with Crippen molar-refractivity contribution >= 4 is 17.6 Å². The minimum Gasteiger partial charge on any atom is -0.545 e. The van der Waals surface area contributed by atoms with E-state index in [2.05, 4.69) is 17.3 Å². The second kappa shape index (κ2) is 6.49. The van der Waals surface area contributed by atoms with E-state index >= 15 is 0 Å². The number of carboxylic acids is 1. The molecule has 1 aromatic rings. The van der Waals surface area contributed by atoms with Crippen molar-refractivity contribution in [2.45, 2.75) is 0 Å². The Morgan fingerprint density at radius 2 is 1.85 bits per heavy atom. The zero-order valence-corrected chi connectivity index (χ0v) is 11.5. The van der Waals surface area contributed by atoms with E-state index in [9.17, 15) is 14.7 Å². The maximum atomic E-state index is 11.9. The van der Waals surface area contributed by atoms with Crippen LogP contribution in [0.5, 0.6) is 0 Å². The van der Waals surface area contributed by atoms with Crippen molar-refractivity contribution in [1.29, 1.82) is 0 Å². The Balaban J connectivity index is 1.83. The van der Waals surface area contributed by atoms with Gasteiger partial charge in [0.15, 0.2) is 6.54 Å². The summed E-state index contributed by atoms with van der Waals surface area (Å²) in [6.07, 6.45) is 0. The molecule has 1 aliphatic heterocycles. The van der Waals surface area contributed by atoms with E-state index in [1.807, 2.05) is 0 Å². The Labute approximate surface area is 118 Å². The first-order valence-electron chi connectivity index (χ1n) is 6.68. The number of carbonyl (C=O) groups excluding carboxylic acids is 2. The van der Waals surface area contributed by atoms with E-state index in [1.54, 1.807) is 12.1 Å². The first kappa shape index (κ1) is 14.5. The standard InChI is InChI=1S/C14H19N3O3/c1-16-6-8-17(9-7-16)10-13(18)15-12-4-2-11(3-5-12)14(19)20/h2-5H,6-10H2,1H3,(H,15,18)(H,19,20). The number of piperazine rings is 1. The Morgan fingerprint density at radius 1 is 1.25 bits per heavy atom. The lowest BCUT2D eigenvalue weighted by Crippen LogP contribution is -3.15. The molecule has 0 radical (unpaired) electrons. The number of hydrogen-bond donors (Lipinski definition) is 2. The van der Waals surface area contributed by atoms with Crippen LogP contribution in [0.25, 0.3) is 0 Å². The first-order valence-corrected chi connectivity index (χ1v) is 6.68. The molecule has 1 saturated heterocycles. The lowest BCUT2D eigenvalue weighted by Gasteiger charge is -2.29. The molecule has 1 fully saturated rings. The van der Waals surface area contributed by atoms with Gasteiger partial charge in [-0.15, -0.1) is 0 Å². The van der Waals surface area contributed by atoms with Gasteiger partial charge >= 0.3 is 0 Å². The van der Waals surface area contributed by atoms with Crippen molar-refractivity contribution in [2.24, 2.45) is 0 Å². The number of carboxylic acid groups (broad SMARTS) is 1. The molecule has 0 saturated carbocycles. The van der Waals surface area contributed by atoms with Gasteiger partial charge in [-0.2, -0.15) is 0 Å². The molecule has 2 rings (SSSR count). The third kappa shape index (κ3) is 4.04. The number of carbonyl (C=O) groups is 2. The number of benzene rings is 1. The second-order valence-electron chi connectivity index (χ2n) is 5.14. The largest absolute Gasteiger partial charge is 0.545 e. The minimum atomic E-state index is -1.22. The van der Waals surface area contributed by atoms with E-state index in [-0.39, 0.29) is 11.5 Å². The van der Waals surface area contributed by atoms with Gasteiger partial charge in [0.05, 0.1) is 19.1 Å². The summed E-state index contributed by atoms with van der Waals surface area (Å²) in [5.74, 6) is -1.27. The molecule has 1 heterocycles. The van der Waals surface area contributed by atoms with Crippen molar-refractivity contribution in [3.8, 4) is 0 Å². The smallest absolute Gasteiger partial charge is 0.279 e. The van der Waals surface area contributed by atoms with Gasteiger partial charge in [0.2, 0.25) is 0 Å². The summed E-state index contributed by atoms with van der Waals surface area (Å²) in [6, 6.07) is 5.99. The molecular weight excluding hydrogens is 258 g/mol. The molecule has 108 valence electrons. The average Bonchev–Trinajstić information content (AvgIpc) is 2.42. The van der Waals surface area contributed by atoms with E-state index in [0.717, 1.165) is 26.2 Å². The Bertz CT molecular complexity index is 479. The highest BCUT2D eigenvalue weighted by Crippen LogP contribution is 2.08. The fraction of sp³-hybridized carbons (Fsp3) is 0.429. The van der Waals surface area contributed by atoms with Gasteiger partial charge in [0, 0.05) is 18.8 Å². The third-order valence-electron chi connectivity index (χ3n) is 3.51. The maximum Gasteiger partial charge on any atom is 0.279 e. The van der Waals surface area contributed by atoms with Crippen molar-refractivity contribution in [1.82, 2.24) is 4.90 Å². The van der Waals surface area contributed by atoms with Crippen LogP contribution in [0.15, 0.2) is 24.3 Å². The van der Waals surface area contributed by atoms with E-state index < -0.39 is 5.97 Å². The minimum absolute atomic E-state index is 0.0502. The van der Waals surface area contributed by atoms with Crippen LogP contribution in [0.2, 0.25) is 0 Å². The highest BCUT2D eigenvalue weighted by molar-refractivity contribution is 5.92. The molecule has 1 amide bonds. The summed E-state index contributed by atoms with van der Waals surface area (Å²) < 4.78 is 0. The van der Waals surface area contributed by atoms with Crippen LogP contribution in [0, 0.1) is 0 Å². The van der Waals surface area contributed by atoms with Crippen molar-refractivity contribution in [3.05, 3.63) is 29.8 Å². The van der Waals surface area contributed by atoms with Gasteiger partial charge in [0.25, 0.3) is 5.91 Å². The summed E-state index contributed by atoms with van der Waals surface area (Å²) in [5.41, 5.74) is 0.709. The monoisotopic (exact) mass is 277 g/mol. The predicted molar refractivity (Wildman–Crippen MR) is 72.5 cm³/mol. The Kier molecular flexibility index (Phi) is 4.70. The average molecular weight is 277 g/mol. The molecule has 20 heavy (non-hydrogen) atoms. The van der Waals surface area contributed by atoms with E-state index in [4.69, 9.17) is 0 Å². The summed E-state index contributed by atoms with van der Waals surface area (Å²) in [5, 5.41) is 13.4. The van der Waals surface area contributed by atoms with Crippen LogP contribution in [0.3, 0.4) is 0 Å². The van der Waals surface area contributed by atoms with Gasteiger partial charge in [-0.1, -0.05) is 12.1 Å². The van der Waals surface area contributed by atoms with Gasteiger partial charge in [-0.05, 0) is 24.7 Å². The lowest BCUT2D eigenvalue weighted by molar-refractivity contribution is -0.896. The van der Waals surface area contributed by atoms with Crippen LogP contribution in [0.4, 0.5) is 5.69 Å². The first-order chi connectivity index (χ1) is 9.54. The molecule has 0 aliphatic carbocycles. The van der Waals surface area contributed by atoms with Crippen LogP contribution in [0.1, 0.15) is 10.4 Å². The molecule has 0 atom stereocenters. The fourth-order valence-corrected chi connectivity index (χ4v) is 2.23. The van der Waals surface area contributed by atoms with E-state index in [1.165, 1.54) is 17.0 Å². The lowest BCUT2D eigenvalue weighted by atomic mass is 10.2. The van der Waals surface area contributed by atoms with Crippen molar-refractivity contribution < 1.29 is 19.6 Å². The van der Waals surface area contributed by atoms with Crippen LogP contribution in [-0.4, -0.2) is 56.5 Å². The van der Waals surface area contributed by atoms with E-state index in [0.29, 0.717) is 12.2 Å². The summed E-state index contributed by atoms with van der Waals surface area (Å²) >= 11 is 0. The Hall–Kier alpha value is -1.92. The quantitative estimate of drug-likeness (QED) is 0.656. The maximum absolute atomic E-state index is 11.9. The Morgan fingerprint density at radius 3 is 2.40 bits per heavy atom. The molecular formula is C14H19N3O3. The second-order valence-corrected chi connectivity index (χ2v) is 5.14. The number of anilines is 1. The van der Waals surface area contributed by atoms with Crippen LogP contribution in [-0.2, 0) is 4.79 Å². The number of hydrogen-bond acceptors (Lipinski definition) is 4. The van der Waals surface area contributed by atoms with Crippen LogP contribution >= 0.6 is 0 Å². The molecule has 6 heteroatoms. The predicted octanol–water partition coefficient (Wildman–Crippen LogP) is -2.18. The molecule has 0 unspecified atom stereocenters. The zero-order valence-electron chi connectivity index (χ0n) is 11.5. The molecule has 1 aliphatic rings. The van der Waals surface area contributed by atoms with Gasteiger partial charge in [-0.3, -0.25) is 9.69 Å². The van der Waals surface area contributed by atoms with Crippen molar-refractivity contribution in [2.75, 3.05) is 45.1 Å². The number of likely N-dealkylation sites (N-methyl/N-ethyl adjacent to an activating group) is 1. The number of nitrogens with zero attached hydrogens (tertiary/aromatic N) is 1. The third-order valence-corrected chi connectivity index (χ3v) is 3.51. The number of rotatable bonds is 4. The summed E-state index contributed by atoms with van der Waals surface area (Å²) in [7, 11) is 2.08. The molecule has 6 nitrogen and oxygen atoms in total. The summed E-state index contributed by atoms with van der Waals surface area (Å²) in [6.45, 7) is 4.38. The number of amides is 1. The topological polar surface area (TPSA) is 76.9 Å². The van der Waals surface area contributed by atoms with Crippen LogP contribution < -0.4 is 15.3 Å². The summed E-state index contributed by atoms with van der Waals surface area (Å²) in [4.78, 5) is 26.0. The molecule has 0 aromatic heterocycles. The number of quaternary nitrogens is 1. The highest BCUT2D eigenvalue weighted by atomic mass is 16.4. The fourth-order valence-electron chi connectivity index (χ4n) is 2.23. The SMILES string of the molecule is CN1CC[NH+](CC(=O)Nc2ccc(C(=O)[O-])cc2)CC1. The zero-order chi connectivity index (χ0) is 14.5. The number of nitrogens with one attached hydrogen (secondary N) is 2. The molecule has 2 N–H and O–H groups in total. The van der Waals surface area contributed by atoms with Gasteiger partial charge in [0.1, 0.15) is 0 Å². The van der Waals surface area contributed by atoms with Gasteiger partial charge in [-0.25, -0.2) is 0 Å². The normalized spacial score (nSPS) is 16.9. The van der Waals surface area contributed by atoms with Gasteiger partial charge < -0.3 is 20.1 Å². The van der Waals surface area contributed by atoms with Crippen molar-refractivity contribution in [3.63, 3.8) is 0 Å². The molecule has 0 bridgehead atoms. The number of aromatic carboxylic acids is 1. The molecule has 1 aromatic carbocycles. The highest BCUT2D eigenvalue weighted by Gasteiger charge is 2.19. The molecule has 0 spiro atoms.